The summed E-state index contributed by atoms with van der Waals surface area (Å²) in [7, 11) is 3.35. The second-order valence-electron chi connectivity index (χ2n) is 10.8. The van der Waals surface area contributed by atoms with E-state index in [2.05, 4.69) is 83.6 Å². The fraction of sp³-hybridized carbons (Fsp3) is 0.618. The van der Waals surface area contributed by atoms with Gasteiger partial charge in [-0.25, -0.2) is 0 Å². The number of nitrogens with one attached hydrogen (secondary N) is 3. The molecule has 1 atom stereocenters. The van der Waals surface area contributed by atoms with E-state index in [1.165, 1.54) is 0 Å². The first kappa shape index (κ1) is 42.5. The summed E-state index contributed by atoms with van der Waals surface area (Å²) in [6.07, 6.45) is 29.6. The number of rotatable bonds is 27. The van der Waals surface area contributed by atoms with Crippen LogP contribution < -0.4 is 16.0 Å². The Balaban J connectivity index is 3.64. The molecule has 0 radical (unpaired) electrons. The minimum absolute atomic E-state index is 0.0885. The zero-order valence-electron chi connectivity index (χ0n) is 27.3. The maximum atomic E-state index is 12.4. The Hall–Kier alpha value is -1.50. The quantitative estimate of drug-likeness (QED) is 0.0338. The van der Waals surface area contributed by atoms with Crippen LogP contribution in [0.2, 0.25) is 0 Å². The molecule has 0 aliphatic carbocycles. The highest BCUT2D eigenvalue weighted by Gasteiger charge is 2.34. The van der Waals surface area contributed by atoms with E-state index in [1.54, 1.807) is 44.6 Å². The lowest BCUT2D eigenvalue weighted by Crippen LogP contribution is -2.44. The molecule has 7 nitrogen and oxygen atoms in total. The SMILES string of the molecule is CC/C=C\C/C=C\C/C=C\C/C=C\C/C=C\CCCC(=O)NCCSSCCNC(=O)CCNC(=O)[C@H](OI)C(C)(C)CC. The molecular weight excluding hydrogens is 705 g/mol. The summed E-state index contributed by atoms with van der Waals surface area (Å²) in [4.78, 5) is 36.4. The van der Waals surface area contributed by atoms with Crippen molar-refractivity contribution in [3.8, 4) is 0 Å². The highest BCUT2D eigenvalue weighted by molar-refractivity contribution is 14.1. The summed E-state index contributed by atoms with van der Waals surface area (Å²) in [6.45, 7) is 9.63. The molecule has 0 aromatic rings. The van der Waals surface area contributed by atoms with Crippen LogP contribution in [0.25, 0.3) is 0 Å². The molecule has 0 unspecified atom stereocenters. The molecule has 0 rings (SSSR count). The summed E-state index contributed by atoms with van der Waals surface area (Å²) < 4.78 is 5.34. The van der Waals surface area contributed by atoms with Gasteiger partial charge in [0.1, 0.15) is 23.0 Å². The fourth-order valence-corrected chi connectivity index (χ4v) is 6.33. The third kappa shape index (κ3) is 25.8. The van der Waals surface area contributed by atoms with Gasteiger partial charge in [-0.15, -0.1) is 0 Å². The molecule has 10 heteroatoms. The predicted octanol–water partition coefficient (Wildman–Crippen LogP) is 8.20. The largest absolute Gasteiger partial charge is 0.355 e. The molecule has 0 saturated carbocycles. The van der Waals surface area contributed by atoms with Crippen LogP contribution in [0, 0.1) is 5.41 Å². The Morgan fingerprint density at radius 2 is 1.18 bits per heavy atom. The number of unbranched alkanes of at least 4 members (excludes halogenated alkanes) is 1. The van der Waals surface area contributed by atoms with Gasteiger partial charge in [-0.2, -0.15) is 0 Å². The number of hydrogen-bond donors (Lipinski definition) is 3. The van der Waals surface area contributed by atoms with E-state index < -0.39 is 6.10 Å². The van der Waals surface area contributed by atoms with Crippen LogP contribution in [0.1, 0.15) is 91.9 Å². The van der Waals surface area contributed by atoms with Crippen molar-refractivity contribution < 1.29 is 17.4 Å². The predicted molar refractivity (Wildman–Crippen MR) is 200 cm³/mol. The molecule has 0 bridgehead atoms. The molecule has 0 fully saturated rings. The average Bonchev–Trinajstić information content (AvgIpc) is 3.00. The molecule has 3 amide bonds. The normalized spacial score (nSPS) is 13.1. The highest BCUT2D eigenvalue weighted by Crippen LogP contribution is 2.28. The van der Waals surface area contributed by atoms with Gasteiger partial charge in [0.25, 0.3) is 5.91 Å². The summed E-state index contributed by atoms with van der Waals surface area (Å²) >= 11 is 1.76. The van der Waals surface area contributed by atoms with Crippen LogP contribution in [0.15, 0.2) is 60.8 Å². The van der Waals surface area contributed by atoms with E-state index in [1.807, 2.05) is 20.8 Å². The van der Waals surface area contributed by atoms with Gasteiger partial charge in [0.05, 0.1) is 0 Å². The molecule has 0 spiro atoms. The fourth-order valence-electron chi connectivity index (χ4n) is 3.60. The molecule has 0 aromatic heterocycles. The third-order valence-electron chi connectivity index (χ3n) is 6.63. The van der Waals surface area contributed by atoms with Gasteiger partial charge < -0.3 is 19.0 Å². The summed E-state index contributed by atoms with van der Waals surface area (Å²) in [5, 5.41) is 8.64. The molecule has 3 N–H and O–H groups in total. The monoisotopic (exact) mass is 761 g/mol. The van der Waals surface area contributed by atoms with E-state index in [-0.39, 0.29) is 36.1 Å². The van der Waals surface area contributed by atoms with Crippen molar-refractivity contribution in [2.75, 3.05) is 31.1 Å². The van der Waals surface area contributed by atoms with Crippen molar-refractivity contribution in [2.45, 2.75) is 98.0 Å². The van der Waals surface area contributed by atoms with Crippen molar-refractivity contribution in [1.29, 1.82) is 0 Å². The second kappa shape index (κ2) is 30.2. The lowest BCUT2D eigenvalue weighted by atomic mass is 9.83. The molecule has 0 heterocycles. The minimum Gasteiger partial charge on any atom is -0.355 e. The van der Waals surface area contributed by atoms with Crippen molar-refractivity contribution in [3.05, 3.63) is 60.8 Å². The van der Waals surface area contributed by atoms with Gasteiger partial charge >= 0.3 is 0 Å². The van der Waals surface area contributed by atoms with Crippen molar-refractivity contribution in [3.63, 3.8) is 0 Å². The first-order chi connectivity index (χ1) is 21.3. The van der Waals surface area contributed by atoms with Gasteiger partial charge in [-0.1, -0.05) is 110 Å². The molecule has 0 aliphatic heterocycles. The number of amides is 3. The van der Waals surface area contributed by atoms with Crippen molar-refractivity contribution in [2.24, 2.45) is 5.41 Å². The standard InChI is InChI=1S/C34H56IN3O4S2/c1-5-7-8-9-10-11-12-13-14-15-16-17-18-19-20-21-22-23-30(39)36-26-28-43-44-29-27-37-31(40)24-25-38-33(41)32(42-35)34(3,4)6-2/h7-8,10-11,13-14,16-17,19-20,32H,5-6,9,12,15,18,21-29H2,1-4H3,(H,36,39)(H,37,40)(H,38,41)/b8-7-,11-10-,14-13-,17-16-,20-19-/t32-/m0/s1. The van der Waals surface area contributed by atoms with Crippen LogP contribution in [-0.2, 0) is 17.4 Å². The first-order valence-corrected chi connectivity index (χ1v) is 19.2. The van der Waals surface area contributed by atoms with E-state index in [9.17, 15) is 14.4 Å². The topological polar surface area (TPSA) is 96.5 Å². The lowest BCUT2D eigenvalue weighted by molar-refractivity contribution is -0.131. The number of carbonyl (C=O) groups is 3. The third-order valence-corrected chi connectivity index (χ3v) is 9.55. The summed E-state index contributed by atoms with van der Waals surface area (Å²) in [5.74, 6) is 1.41. The van der Waals surface area contributed by atoms with Crippen LogP contribution in [0.3, 0.4) is 0 Å². The molecular formula is C34H56IN3O4S2. The average molecular weight is 762 g/mol. The Bertz CT molecular complexity index is 920. The Labute approximate surface area is 289 Å². The lowest BCUT2D eigenvalue weighted by Gasteiger charge is -2.29. The summed E-state index contributed by atoms with van der Waals surface area (Å²) in [5.41, 5.74) is -0.275. The van der Waals surface area contributed by atoms with E-state index in [0.717, 1.165) is 62.9 Å². The van der Waals surface area contributed by atoms with Gasteiger partial charge in [0.15, 0.2) is 6.10 Å². The Morgan fingerprint density at radius 1 is 0.705 bits per heavy atom. The Kier molecular flexibility index (Phi) is 29.1. The molecule has 44 heavy (non-hydrogen) atoms. The van der Waals surface area contributed by atoms with E-state index in [4.69, 9.17) is 3.07 Å². The van der Waals surface area contributed by atoms with Crippen LogP contribution in [-0.4, -0.2) is 55.0 Å². The maximum absolute atomic E-state index is 12.4. The zero-order valence-corrected chi connectivity index (χ0v) is 31.1. The summed E-state index contributed by atoms with van der Waals surface area (Å²) in [6, 6.07) is 0. The van der Waals surface area contributed by atoms with Crippen LogP contribution >= 0.6 is 44.6 Å². The number of allylic oxidation sites excluding steroid dienone is 10. The minimum atomic E-state index is -0.552. The number of hydrogen-bond acceptors (Lipinski definition) is 6. The molecule has 0 saturated heterocycles. The van der Waals surface area contributed by atoms with Crippen molar-refractivity contribution >= 4 is 62.3 Å². The molecule has 0 aromatic carbocycles. The Morgan fingerprint density at radius 3 is 1.66 bits per heavy atom. The smallest absolute Gasteiger partial charge is 0.250 e. The van der Waals surface area contributed by atoms with Gasteiger partial charge in [-0.05, 0) is 51.4 Å². The van der Waals surface area contributed by atoms with Gasteiger partial charge in [0, 0.05) is 49.4 Å². The van der Waals surface area contributed by atoms with Crippen molar-refractivity contribution in [1.82, 2.24) is 16.0 Å². The second-order valence-corrected chi connectivity index (χ2v) is 14.0. The number of carbonyl (C=O) groups excluding carboxylic acids is 3. The van der Waals surface area contributed by atoms with Crippen LogP contribution in [0.5, 0.6) is 0 Å². The maximum Gasteiger partial charge on any atom is 0.250 e. The zero-order chi connectivity index (χ0) is 32.7. The van der Waals surface area contributed by atoms with E-state index in [0.29, 0.717) is 19.5 Å². The van der Waals surface area contributed by atoms with Gasteiger partial charge in [-0.3, -0.25) is 14.4 Å². The van der Waals surface area contributed by atoms with Gasteiger partial charge in [0.2, 0.25) is 11.8 Å². The first-order valence-electron chi connectivity index (χ1n) is 15.9. The molecule has 0 aliphatic rings. The highest BCUT2D eigenvalue weighted by atomic mass is 127. The van der Waals surface area contributed by atoms with Crippen LogP contribution in [0.4, 0.5) is 0 Å². The number of halogens is 1. The van der Waals surface area contributed by atoms with E-state index >= 15 is 0 Å². The molecule has 250 valence electrons.